The predicted molar refractivity (Wildman–Crippen MR) is 238 cm³/mol. The molecule has 7 rings (SSSR count). The number of ketones is 1. The number of carbonyl (C=O) groups excluding carboxylic acids is 3. The van der Waals surface area contributed by atoms with E-state index >= 15 is 0 Å². The Balaban J connectivity index is 1.40. The average molecular weight is 881 g/mol. The lowest BCUT2D eigenvalue weighted by atomic mass is 9.78. The van der Waals surface area contributed by atoms with E-state index in [2.05, 4.69) is 27.3 Å². The summed E-state index contributed by atoms with van der Waals surface area (Å²) in [6.07, 6.45) is 4.55. The van der Waals surface area contributed by atoms with Crippen molar-refractivity contribution >= 4 is 34.1 Å². The zero-order valence-corrected chi connectivity index (χ0v) is 37.9. The fourth-order valence-corrected chi connectivity index (χ4v) is 9.65. The van der Waals surface area contributed by atoms with Crippen LogP contribution in [0.25, 0.3) is 10.8 Å². The molecule has 4 aliphatic rings. The van der Waals surface area contributed by atoms with Crippen LogP contribution < -0.4 is 20.8 Å². The van der Waals surface area contributed by atoms with Gasteiger partial charge in [0, 0.05) is 80.8 Å². The van der Waals surface area contributed by atoms with E-state index in [9.17, 15) is 34.8 Å². The number of aromatic hydroxyl groups is 2. The van der Waals surface area contributed by atoms with E-state index in [-0.39, 0.29) is 56.2 Å². The molecule has 3 aromatic rings. The summed E-state index contributed by atoms with van der Waals surface area (Å²) in [6, 6.07) is 10.1. The quantitative estimate of drug-likeness (QED) is 0.174. The van der Waals surface area contributed by atoms with Crippen LogP contribution in [0.4, 0.5) is 5.69 Å². The van der Waals surface area contributed by atoms with E-state index in [4.69, 9.17) is 23.9 Å². The second kappa shape index (κ2) is 18.1. The predicted octanol–water partition coefficient (Wildman–Crippen LogP) is 4.95. The Morgan fingerprint density at radius 2 is 1.69 bits per heavy atom. The molecular formula is C49H60N4O11. The van der Waals surface area contributed by atoms with Gasteiger partial charge in [-0.05, 0) is 31.9 Å². The first-order valence-corrected chi connectivity index (χ1v) is 21.9. The van der Waals surface area contributed by atoms with Crippen LogP contribution in [-0.2, 0) is 30.3 Å². The van der Waals surface area contributed by atoms with Gasteiger partial charge in [-0.25, -0.2) is 4.99 Å². The third-order valence-electron chi connectivity index (χ3n) is 13.5. The first-order valence-electron chi connectivity index (χ1n) is 21.9. The van der Waals surface area contributed by atoms with Crippen molar-refractivity contribution in [2.45, 2.75) is 104 Å². The monoisotopic (exact) mass is 880 g/mol. The highest BCUT2D eigenvalue weighted by Gasteiger charge is 2.50. The van der Waals surface area contributed by atoms with Crippen molar-refractivity contribution < 1.29 is 53.8 Å². The van der Waals surface area contributed by atoms with Crippen LogP contribution in [0.5, 0.6) is 17.2 Å². The van der Waals surface area contributed by atoms with Gasteiger partial charge < -0.3 is 44.7 Å². The smallest absolute Gasteiger partial charge is 0.312 e. The standard InChI is InChI=1S/C49H60N4O11/c1-25-14-13-15-26(2)47(60)51-39-38-37(52-49(23-50-38)19-20-53(24-49)22-32-16-11-10-12-17-32)34-35(43(39)58)42(57)30(6)45-36(34)46(59)48(8,64-45)62-21-18-33(61-9)27(3)44(63-31(7)54)29(5)41(56)28(4)40(25)55/h10-18,21,25,27-29,33,40-41,44,52,55-58H,19-20,22-24H2,1-9H3/b14-13+,21-18+,26-15-,51-39?/t25-,27?,28+,29+,33-,40-,41+,44+,48-,49?/m0/s1. The number of likely N-dealkylation sites (tertiary alicyclic amines) is 1. The molecular weight excluding hydrogens is 821 g/mol. The van der Waals surface area contributed by atoms with Crippen LogP contribution in [0.3, 0.4) is 0 Å². The number of carbonyl (C=O) groups is 3. The number of allylic oxidation sites excluding steroid dienone is 2. The lowest BCUT2D eigenvalue weighted by Gasteiger charge is -2.38. The summed E-state index contributed by atoms with van der Waals surface area (Å²) in [5.41, 5.74) is 1.23. The Morgan fingerprint density at radius 3 is 2.38 bits per heavy atom. The molecule has 1 saturated heterocycles. The van der Waals surface area contributed by atoms with Gasteiger partial charge in [0.1, 0.15) is 28.3 Å². The summed E-state index contributed by atoms with van der Waals surface area (Å²) in [5, 5.41) is 50.8. The molecule has 2 unspecified atom stereocenters. The summed E-state index contributed by atoms with van der Waals surface area (Å²) in [5.74, 6) is -7.14. The van der Waals surface area contributed by atoms with E-state index in [1.807, 2.05) is 18.2 Å². The number of phenols is 2. The van der Waals surface area contributed by atoms with Gasteiger partial charge in [-0.1, -0.05) is 76.3 Å². The number of nitrogens with one attached hydrogen (secondary N) is 1. The van der Waals surface area contributed by atoms with Gasteiger partial charge in [0.05, 0.1) is 53.3 Å². The molecule has 10 atom stereocenters. The van der Waals surface area contributed by atoms with Crippen molar-refractivity contribution in [3.8, 4) is 17.2 Å². The SMILES string of the molecule is CO[C@H]1/C=C/O[C@@]2(C)Oc3c(C)c(O)c4c(O)c(c5c(c4c3C2=O)NC2(CCN(Cc3ccccc3)C2)CN=5)=NC(=O)/C(C)=C\C=C\[C@H](C)[C@H](O)[C@@H](C)[C@@H](O)[C@@H](C)[C@H](OC(C)=O)C1C. The van der Waals surface area contributed by atoms with E-state index in [1.54, 1.807) is 59.8 Å². The first-order chi connectivity index (χ1) is 30.3. The maximum atomic E-state index is 14.9. The number of aliphatic hydroxyl groups excluding tert-OH is 2. The highest BCUT2D eigenvalue weighted by atomic mass is 16.7. The van der Waals surface area contributed by atoms with Gasteiger partial charge in [0.25, 0.3) is 11.7 Å². The molecule has 0 saturated carbocycles. The Labute approximate surface area is 372 Å². The second-order valence-corrected chi connectivity index (χ2v) is 18.2. The van der Waals surface area contributed by atoms with Crippen molar-refractivity contribution in [3.63, 3.8) is 0 Å². The molecule has 1 spiro atoms. The largest absolute Gasteiger partial charge is 0.507 e. The molecule has 64 heavy (non-hydrogen) atoms. The lowest BCUT2D eigenvalue weighted by Crippen LogP contribution is -2.51. The molecule has 3 aromatic carbocycles. The number of nitrogens with zero attached hydrogens (tertiary/aromatic N) is 3. The zero-order valence-electron chi connectivity index (χ0n) is 37.9. The number of anilines is 1. The van der Waals surface area contributed by atoms with Gasteiger partial charge in [-0.15, -0.1) is 0 Å². The minimum absolute atomic E-state index is 0.0417. The number of ether oxygens (including phenoxy) is 4. The van der Waals surface area contributed by atoms with E-state index in [0.29, 0.717) is 25.2 Å². The second-order valence-electron chi connectivity index (χ2n) is 18.2. The van der Waals surface area contributed by atoms with Gasteiger partial charge in [0.2, 0.25) is 0 Å². The van der Waals surface area contributed by atoms with E-state index in [1.165, 1.54) is 33.3 Å². The van der Waals surface area contributed by atoms with E-state index < -0.39 is 82.8 Å². The molecule has 4 bridgehead atoms. The summed E-state index contributed by atoms with van der Waals surface area (Å²) < 4.78 is 24.1. The minimum atomic E-state index is -1.97. The maximum Gasteiger partial charge on any atom is 0.312 e. The molecule has 0 aliphatic carbocycles. The topological polar surface area (TPSA) is 209 Å². The number of amides is 1. The average Bonchev–Trinajstić information content (AvgIpc) is 3.78. The van der Waals surface area contributed by atoms with Crippen molar-refractivity contribution in [1.82, 2.24) is 4.90 Å². The number of methoxy groups -OCH3 is 1. The lowest BCUT2D eigenvalue weighted by molar-refractivity contribution is -0.160. The summed E-state index contributed by atoms with van der Waals surface area (Å²) >= 11 is 0. The third kappa shape index (κ3) is 8.53. The van der Waals surface area contributed by atoms with Crippen molar-refractivity contribution in [1.29, 1.82) is 0 Å². The summed E-state index contributed by atoms with van der Waals surface area (Å²) in [7, 11) is 1.47. The van der Waals surface area contributed by atoms with Gasteiger partial charge >= 0.3 is 11.8 Å². The van der Waals surface area contributed by atoms with Crippen molar-refractivity contribution in [2.75, 3.05) is 32.1 Å². The van der Waals surface area contributed by atoms with Crippen LogP contribution in [0.1, 0.15) is 76.4 Å². The number of phenolic OH excluding ortho intramolecular Hbond substituents is 2. The Kier molecular flexibility index (Phi) is 13.1. The summed E-state index contributed by atoms with van der Waals surface area (Å²) in [6.45, 7) is 15.2. The number of Topliss-reactive ketones (excluding diaryl/α,β-unsaturated/α-hetero) is 1. The number of fused-ring (bicyclic) bond motifs is 1. The first kappa shape index (κ1) is 46.4. The van der Waals surface area contributed by atoms with Crippen LogP contribution in [0.2, 0.25) is 0 Å². The fourth-order valence-electron chi connectivity index (χ4n) is 9.65. The van der Waals surface area contributed by atoms with Crippen molar-refractivity contribution in [2.24, 2.45) is 33.7 Å². The number of aliphatic hydroxyl groups is 2. The number of hydrogen-bond donors (Lipinski definition) is 5. The molecule has 4 aliphatic heterocycles. The van der Waals surface area contributed by atoms with E-state index in [0.717, 1.165) is 12.1 Å². The number of benzene rings is 3. The molecule has 0 radical (unpaired) electrons. The Hall–Kier alpha value is -5.61. The van der Waals surface area contributed by atoms with Crippen LogP contribution in [-0.4, -0.2) is 105 Å². The molecule has 4 heterocycles. The van der Waals surface area contributed by atoms with Gasteiger partial charge in [-0.3, -0.25) is 24.3 Å². The Bertz CT molecular complexity index is 2560. The maximum absolute atomic E-state index is 14.9. The molecule has 1 amide bonds. The zero-order chi connectivity index (χ0) is 46.4. The van der Waals surface area contributed by atoms with Crippen LogP contribution in [0, 0.1) is 30.6 Å². The summed E-state index contributed by atoms with van der Waals surface area (Å²) in [4.78, 5) is 52.9. The molecule has 1 fully saturated rings. The highest BCUT2D eigenvalue weighted by molar-refractivity contribution is 6.21. The highest BCUT2D eigenvalue weighted by Crippen LogP contribution is 2.51. The number of esters is 1. The molecule has 15 nitrogen and oxygen atoms in total. The number of rotatable bonds is 4. The van der Waals surface area contributed by atoms with Crippen LogP contribution >= 0.6 is 0 Å². The molecule has 15 heteroatoms. The molecule has 0 aromatic heterocycles. The molecule has 5 N–H and O–H groups in total. The molecule has 342 valence electrons. The number of hydrogen-bond acceptors (Lipinski definition) is 14. The van der Waals surface area contributed by atoms with Crippen LogP contribution in [0.15, 0.2) is 76.5 Å². The van der Waals surface area contributed by atoms with Gasteiger partial charge in [-0.2, -0.15) is 0 Å². The third-order valence-corrected chi connectivity index (χ3v) is 13.5. The van der Waals surface area contributed by atoms with Crippen molar-refractivity contribution in [3.05, 3.63) is 93.9 Å². The van der Waals surface area contributed by atoms with Gasteiger partial charge in [0.15, 0.2) is 5.75 Å². The minimum Gasteiger partial charge on any atom is -0.507 e. The normalized spacial score (nSPS) is 33.0. The fraction of sp³-hybridized carbons (Fsp3) is 0.490. The Morgan fingerprint density at radius 1 is 0.969 bits per heavy atom.